The van der Waals surface area contributed by atoms with E-state index in [4.69, 9.17) is 17.3 Å². The third-order valence-electron chi connectivity index (χ3n) is 4.22. The molecule has 0 radical (unpaired) electrons. The summed E-state index contributed by atoms with van der Waals surface area (Å²) in [7, 11) is 0. The van der Waals surface area contributed by atoms with Crippen LogP contribution in [-0.2, 0) is 17.8 Å². The van der Waals surface area contributed by atoms with Crippen LogP contribution in [0.2, 0.25) is 5.02 Å². The van der Waals surface area contributed by atoms with E-state index >= 15 is 0 Å². The number of benzene rings is 1. The first kappa shape index (κ1) is 16.9. The second kappa shape index (κ2) is 6.54. The van der Waals surface area contributed by atoms with Gasteiger partial charge in [0.25, 0.3) is 5.56 Å². The number of rotatable bonds is 3. The number of Topliss-reactive ketones (excluding diaryl/α,β-unsaturated/α-hetero) is 1. The van der Waals surface area contributed by atoms with Crippen LogP contribution in [0.15, 0.2) is 29.1 Å². The van der Waals surface area contributed by atoms with E-state index in [-0.39, 0.29) is 12.3 Å². The number of nitriles is 1. The molecule has 0 spiro atoms. The highest BCUT2D eigenvalue weighted by atomic mass is 35.5. The van der Waals surface area contributed by atoms with Crippen LogP contribution in [0.3, 0.4) is 0 Å². The molecule has 1 aromatic heterocycles. The Morgan fingerprint density at radius 2 is 2.00 bits per heavy atom. The Morgan fingerprint density at radius 1 is 1.24 bits per heavy atom. The maximum Gasteiger partial charge on any atom is 0.251 e. The van der Waals surface area contributed by atoms with E-state index in [9.17, 15) is 19.6 Å². The Hall–Kier alpha value is -2.91. The molecule has 0 saturated carbocycles. The van der Waals surface area contributed by atoms with Crippen LogP contribution in [0.4, 0.5) is 0 Å². The third-order valence-corrected chi connectivity index (χ3v) is 4.46. The second-order valence-corrected chi connectivity index (χ2v) is 6.29. The van der Waals surface area contributed by atoms with E-state index in [1.54, 1.807) is 18.2 Å². The van der Waals surface area contributed by atoms with Gasteiger partial charge in [0.2, 0.25) is 5.91 Å². The predicted octanol–water partition coefficient (Wildman–Crippen LogP) is 2.04. The Balaban J connectivity index is 2.37. The summed E-state index contributed by atoms with van der Waals surface area (Å²) >= 11 is 6.04. The minimum absolute atomic E-state index is 0.127. The molecule has 0 saturated heterocycles. The molecule has 2 aromatic rings. The quantitative estimate of drug-likeness (QED) is 0.909. The maximum absolute atomic E-state index is 12.6. The number of carbonyl (C=O) groups is 2. The van der Waals surface area contributed by atoms with Gasteiger partial charge in [-0.05, 0) is 31.0 Å². The molecule has 0 unspecified atom stereocenters. The Bertz CT molecular complexity index is 1000. The molecule has 25 heavy (non-hydrogen) atoms. The van der Waals surface area contributed by atoms with Crippen LogP contribution in [0.5, 0.6) is 0 Å². The fourth-order valence-electron chi connectivity index (χ4n) is 3.19. The van der Waals surface area contributed by atoms with Crippen molar-refractivity contribution in [1.82, 2.24) is 4.57 Å². The molecule has 0 atom stereocenters. The second-order valence-electron chi connectivity index (χ2n) is 5.85. The number of carbonyl (C=O) groups excluding carboxylic acids is 2. The van der Waals surface area contributed by atoms with Gasteiger partial charge in [-0.1, -0.05) is 11.6 Å². The lowest BCUT2D eigenvalue weighted by molar-refractivity contribution is -0.118. The summed E-state index contributed by atoms with van der Waals surface area (Å²) in [6.07, 6.45) is 1.42. The van der Waals surface area contributed by atoms with Crippen molar-refractivity contribution in [2.75, 3.05) is 0 Å². The van der Waals surface area contributed by atoms with Gasteiger partial charge in [-0.2, -0.15) is 5.26 Å². The van der Waals surface area contributed by atoms with E-state index in [1.807, 2.05) is 0 Å². The van der Waals surface area contributed by atoms with Crippen LogP contribution < -0.4 is 11.3 Å². The van der Waals surface area contributed by atoms with Gasteiger partial charge < -0.3 is 10.3 Å². The topological polar surface area (TPSA) is 106 Å². The van der Waals surface area contributed by atoms with Crippen molar-refractivity contribution in [1.29, 1.82) is 5.26 Å². The van der Waals surface area contributed by atoms with Gasteiger partial charge >= 0.3 is 0 Å². The van der Waals surface area contributed by atoms with E-state index < -0.39 is 11.5 Å². The molecule has 1 amide bonds. The normalized spacial score (nSPS) is 13.2. The zero-order valence-electron chi connectivity index (χ0n) is 13.2. The largest absolute Gasteiger partial charge is 0.368 e. The Kier molecular flexibility index (Phi) is 4.43. The summed E-state index contributed by atoms with van der Waals surface area (Å²) in [6, 6.07) is 8.02. The van der Waals surface area contributed by atoms with Crippen molar-refractivity contribution in [2.45, 2.75) is 25.8 Å². The molecule has 2 N–H and O–H groups in total. The summed E-state index contributed by atoms with van der Waals surface area (Å²) in [6.45, 7) is -0.282. The molecule has 0 fully saturated rings. The molecule has 0 aliphatic heterocycles. The first-order chi connectivity index (χ1) is 11.9. The molecule has 1 aliphatic carbocycles. The summed E-state index contributed by atoms with van der Waals surface area (Å²) in [5, 5.41) is 9.76. The third kappa shape index (κ3) is 3.06. The van der Waals surface area contributed by atoms with E-state index in [0.29, 0.717) is 52.2 Å². The number of halogens is 1. The van der Waals surface area contributed by atoms with Crippen LogP contribution in [0.25, 0.3) is 11.1 Å². The van der Waals surface area contributed by atoms with Crippen molar-refractivity contribution >= 4 is 23.3 Å². The van der Waals surface area contributed by atoms with Crippen LogP contribution >= 0.6 is 11.6 Å². The lowest BCUT2D eigenvalue weighted by Crippen LogP contribution is -2.33. The number of aromatic nitrogens is 1. The molecular weight excluding hydrogens is 342 g/mol. The molecular formula is C18H14ClN3O3. The van der Waals surface area contributed by atoms with Crippen molar-refractivity contribution in [3.63, 3.8) is 0 Å². The van der Waals surface area contributed by atoms with E-state index in [0.717, 1.165) is 0 Å². The monoisotopic (exact) mass is 355 g/mol. The molecule has 1 aromatic carbocycles. The Labute approximate surface area is 148 Å². The first-order valence-corrected chi connectivity index (χ1v) is 8.08. The molecule has 1 aliphatic rings. The highest BCUT2D eigenvalue weighted by molar-refractivity contribution is 6.31. The lowest BCUT2D eigenvalue weighted by atomic mass is 9.86. The number of primary amides is 1. The van der Waals surface area contributed by atoms with E-state index in [1.165, 1.54) is 10.6 Å². The predicted molar refractivity (Wildman–Crippen MR) is 92.3 cm³/mol. The van der Waals surface area contributed by atoms with E-state index in [2.05, 4.69) is 6.07 Å². The smallest absolute Gasteiger partial charge is 0.251 e. The van der Waals surface area contributed by atoms with Crippen molar-refractivity contribution in [3.05, 3.63) is 56.5 Å². The van der Waals surface area contributed by atoms with Gasteiger partial charge in [-0.3, -0.25) is 14.4 Å². The molecule has 7 heteroatoms. The number of nitrogens with two attached hydrogens (primary N) is 1. The lowest BCUT2D eigenvalue weighted by Gasteiger charge is -2.23. The summed E-state index contributed by atoms with van der Waals surface area (Å²) in [5.41, 5.74) is 6.78. The molecule has 1 heterocycles. The van der Waals surface area contributed by atoms with Gasteiger partial charge in [-0.15, -0.1) is 0 Å². The van der Waals surface area contributed by atoms with Gasteiger partial charge in [0.15, 0.2) is 5.78 Å². The van der Waals surface area contributed by atoms with Crippen molar-refractivity contribution < 1.29 is 9.59 Å². The Morgan fingerprint density at radius 3 is 2.68 bits per heavy atom. The number of pyridine rings is 1. The molecule has 0 bridgehead atoms. The number of ketones is 1. The van der Waals surface area contributed by atoms with Crippen LogP contribution in [0.1, 0.15) is 34.5 Å². The van der Waals surface area contributed by atoms with Gasteiger partial charge in [0, 0.05) is 39.9 Å². The zero-order chi connectivity index (χ0) is 18.1. The minimum atomic E-state index is -0.657. The average molecular weight is 356 g/mol. The van der Waals surface area contributed by atoms with Crippen LogP contribution in [0, 0.1) is 11.3 Å². The molecule has 126 valence electrons. The van der Waals surface area contributed by atoms with Gasteiger partial charge in [0.05, 0.1) is 11.6 Å². The SMILES string of the molecule is N#Cc1ccc(Cl)cc1-c1cc(=O)n(CC(N)=O)c2c1C(=O)CCC2. The summed E-state index contributed by atoms with van der Waals surface area (Å²) in [5.74, 6) is -0.783. The maximum atomic E-state index is 12.6. The number of hydrogen-bond acceptors (Lipinski definition) is 4. The standard InChI is InChI=1S/C18H14ClN3O3/c19-11-5-4-10(8-20)12(6-11)13-7-17(25)22(9-16(21)24)14-2-1-3-15(23)18(13)14/h4-7H,1-3,9H2,(H2,21,24). The van der Waals surface area contributed by atoms with Crippen LogP contribution in [-0.4, -0.2) is 16.3 Å². The summed E-state index contributed by atoms with van der Waals surface area (Å²) < 4.78 is 1.24. The number of hydrogen-bond donors (Lipinski definition) is 1. The minimum Gasteiger partial charge on any atom is -0.368 e. The highest BCUT2D eigenvalue weighted by Gasteiger charge is 2.27. The van der Waals surface area contributed by atoms with Crippen molar-refractivity contribution in [3.8, 4) is 17.2 Å². The average Bonchev–Trinajstić information content (AvgIpc) is 2.57. The fraction of sp³-hybridized carbons (Fsp3) is 0.222. The molecule has 6 nitrogen and oxygen atoms in total. The highest BCUT2D eigenvalue weighted by Crippen LogP contribution is 2.33. The number of fused-ring (bicyclic) bond motifs is 1. The van der Waals surface area contributed by atoms with Gasteiger partial charge in [0.1, 0.15) is 6.54 Å². The molecule has 3 rings (SSSR count). The van der Waals surface area contributed by atoms with Gasteiger partial charge in [-0.25, -0.2) is 0 Å². The van der Waals surface area contributed by atoms with Crippen molar-refractivity contribution in [2.24, 2.45) is 5.73 Å². The number of nitrogens with zero attached hydrogens (tertiary/aromatic N) is 2. The zero-order valence-corrected chi connectivity index (χ0v) is 14.0. The fourth-order valence-corrected chi connectivity index (χ4v) is 3.36. The number of amides is 1. The summed E-state index contributed by atoms with van der Waals surface area (Å²) in [4.78, 5) is 36.4. The first-order valence-electron chi connectivity index (χ1n) is 7.70.